The lowest BCUT2D eigenvalue weighted by Gasteiger charge is -2.21. The van der Waals surface area contributed by atoms with E-state index < -0.39 is 5.97 Å². The number of carbonyl (C=O) groups is 1. The molecule has 0 amide bonds. The summed E-state index contributed by atoms with van der Waals surface area (Å²) in [5.41, 5.74) is 2.19. The van der Waals surface area contributed by atoms with E-state index in [1.165, 1.54) is 0 Å². The van der Waals surface area contributed by atoms with Crippen molar-refractivity contribution in [3.05, 3.63) is 35.4 Å². The number of anilines is 1. The van der Waals surface area contributed by atoms with Gasteiger partial charge in [-0.1, -0.05) is 0 Å². The van der Waals surface area contributed by atoms with E-state index in [0.717, 1.165) is 35.4 Å². The minimum Gasteiger partial charge on any atom is -0.478 e. The summed E-state index contributed by atoms with van der Waals surface area (Å²) < 4.78 is 0. The topological polar surface area (TPSA) is 53.4 Å². The summed E-state index contributed by atoms with van der Waals surface area (Å²) >= 11 is 0. The third kappa shape index (κ3) is 2.52. The van der Waals surface area contributed by atoms with Crippen molar-refractivity contribution in [3.8, 4) is 0 Å². The average Bonchev–Trinajstić information content (AvgIpc) is 2.39. The molecule has 0 aliphatic rings. The number of fused-ring (bicyclic) bond motifs is 1. The molecule has 0 saturated heterocycles. The fourth-order valence-corrected chi connectivity index (χ4v) is 2.22. The number of carboxylic acid groups (broad SMARTS) is 1. The molecule has 19 heavy (non-hydrogen) atoms. The van der Waals surface area contributed by atoms with Crippen LogP contribution in [0.25, 0.3) is 10.9 Å². The summed E-state index contributed by atoms with van der Waals surface area (Å²) in [7, 11) is 0. The maximum atomic E-state index is 11.0. The second kappa shape index (κ2) is 5.26. The molecule has 1 aromatic carbocycles. The number of nitrogens with zero attached hydrogens (tertiary/aromatic N) is 2. The van der Waals surface area contributed by atoms with Gasteiger partial charge in [-0.15, -0.1) is 0 Å². The molecule has 4 nitrogen and oxygen atoms in total. The van der Waals surface area contributed by atoms with Gasteiger partial charge in [-0.05, 0) is 50.6 Å². The van der Waals surface area contributed by atoms with Crippen molar-refractivity contribution < 1.29 is 9.90 Å². The fourth-order valence-electron chi connectivity index (χ4n) is 2.22. The molecule has 0 atom stereocenters. The largest absolute Gasteiger partial charge is 0.478 e. The lowest BCUT2D eigenvalue weighted by molar-refractivity contribution is 0.0697. The van der Waals surface area contributed by atoms with Crippen molar-refractivity contribution in [2.24, 2.45) is 0 Å². The van der Waals surface area contributed by atoms with Gasteiger partial charge in [-0.25, -0.2) is 9.78 Å². The van der Waals surface area contributed by atoms with Crippen molar-refractivity contribution >= 4 is 22.7 Å². The van der Waals surface area contributed by atoms with Crippen LogP contribution in [0.5, 0.6) is 0 Å². The molecule has 1 heterocycles. The highest BCUT2D eigenvalue weighted by molar-refractivity contribution is 5.94. The maximum absolute atomic E-state index is 11.0. The van der Waals surface area contributed by atoms with Gasteiger partial charge in [0.05, 0.1) is 11.1 Å². The first-order valence-corrected chi connectivity index (χ1v) is 6.46. The molecule has 0 aliphatic carbocycles. The number of hydrogen-bond donors (Lipinski definition) is 1. The standard InChI is InChI=1S/C15H18N2O2/c1-4-17(5-2)14-8-10(3)12-9-11(15(18)19)6-7-13(12)16-14/h6-9H,4-5H2,1-3H3,(H,18,19). The summed E-state index contributed by atoms with van der Waals surface area (Å²) in [6.07, 6.45) is 0. The van der Waals surface area contributed by atoms with Crippen LogP contribution in [-0.4, -0.2) is 29.1 Å². The van der Waals surface area contributed by atoms with E-state index in [1.807, 2.05) is 13.0 Å². The van der Waals surface area contributed by atoms with Gasteiger partial charge in [-0.3, -0.25) is 0 Å². The lowest BCUT2D eigenvalue weighted by Crippen LogP contribution is -2.23. The molecule has 0 bridgehead atoms. The van der Waals surface area contributed by atoms with Crippen LogP contribution < -0.4 is 4.90 Å². The third-order valence-electron chi connectivity index (χ3n) is 3.34. The lowest BCUT2D eigenvalue weighted by atomic mass is 10.1. The molecule has 0 unspecified atom stereocenters. The van der Waals surface area contributed by atoms with E-state index in [0.29, 0.717) is 5.56 Å². The van der Waals surface area contributed by atoms with E-state index in [9.17, 15) is 4.79 Å². The number of aromatic carboxylic acids is 1. The number of aromatic nitrogens is 1. The minimum atomic E-state index is -0.908. The van der Waals surface area contributed by atoms with Gasteiger partial charge in [0.1, 0.15) is 5.82 Å². The molecular formula is C15H18N2O2. The van der Waals surface area contributed by atoms with Crippen molar-refractivity contribution in [1.29, 1.82) is 0 Å². The van der Waals surface area contributed by atoms with Crippen LogP contribution in [0.1, 0.15) is 29.8 Å². The van der Waals surface area contributed by atoms with Gasteiger partial charge in [0.2, 0.25) is 0 Å². The van der Waals surface area contributed by atoms with Crippen LogP contribution in [0.15, 0.2) is 24.3 Å². The van der Waals surface area contributed by atoms with Gasteiger partial charge < -0.3 is 10.0 Å². The van der Waals surface area contributed by atoms with Crippen LogP contribution in [-0.2, 0) is 0 Å². The Bertz CT molecular complexity index is 619. The van der Waals surface area contributed by atoms with E-state index in [2.05, 4.69) is 23.7 Å². The Hall–Kier alpha value is -2.10. The zero-order chi connectivity index (χ0) is 14.0. The predicted molar refractivity (Wildman–Crippen MR) is 77.0 cm³/mol. The third-order valence-corrected chi connectivity index (χ3v) is 3.34. The number of rotatable bonds is 4. The maximum Gasteiger partial charge on any atom is 0.335 e. The zero-order valence-electron chi connectivity index (χ0n) is 11.5. The van der Waals surface area contributed by atoms with Crippen molar-refractivity contribution in [1.82, 2.24) is 4.98 Å². The average molecular weight is 258 g/mol. The molecule has 0 aliphatic heterocycles. The quantitative estimate of drug-likeness (QED) is 0.915. The van der Waals surface area contributed by atoms with E-state index >= 15 is 0 Å². The number of pyridine rings is 1. The summed E-state index contributed by atoms with van der Waals surface area (Å²) in [5.74, 6) is 0.0344. The molecule has 1 aromatic heterocycles. The molecule has 0 fully saturated rings. The Morgan fingerprint density at radius 2 is 1.95 bits per heavy atom. The number of hydrogen-bond acceptors (Lipinski definition) is 3. The van der Waals surface area contributed by atoms with Crippen molar-refractivity contribution in [3.63, 3.8) is 0 Å². The van der Waals surface area contributed by atoms with Crippen LogP contribution >= 0.6 is 0 Å². The van der Waals surface area contributed by atoms with Crippen LogP contribution in [0, 0.1) is 6.92 Å². The van der Waals surface area contributed by atoms with Crippen LogP contribution in [0.3, 0.4) is 0 Å². The highest BCUT2D eigenvalue weighted by Crippen LogP contribution is 2.23. The van der Waals surface area contributed by atoms with Gasteiger partial charge in [0.15, 0.2) is 0 Å². The number of carboxylic acids is 1. The van der Waals surface area contributed by atoms with Crippen molar-refractivity contribution in [2.75, 3.05) is 18.0 Å². The summed E-state index contributed by atoms with van der Waals surface area (Å²) in [4.78, 5) is 17.8. The van der Waals surface area contributed by atoms with E-state index in [-0.39, 0.29) is 0 Å². The molecule has 1 N–H and O–H groups in total. The number of benzene rings is 1. The minimum absolute atomic E-state index is 0.299. The fraction of sp³-hybridized carbons (Fsp3) is 0.333. The first-order chi connectivity index (χ1) is 9.06. The Kier molecular flexibility index (Phi) is 3.69. The monoisotopic (exact) mass is 258 g/mol. The second-order valence-corrected chi connectivity index (χ2v) is 4.51. The van der Waals surface area contributed by atoms with Crippen LogP contribution in [0.4, 0.5) is 5.82 Å². The smallest absolute Gasteiger partial charge is 0.335 e. The number of aryl methyl sites for hydroxylation is 1. The van der Waals surface area contributed by atoms with Gasteiger partial charge in [0.25, 0.3) is 0 Å². The molecule has 100 valence electrons. The molecular weight excluding hydrogens is 240 g/mol. The summed E-state index contributed by atoms with van der Waals surface area (Å²) in [6, 6.07) is 7.08. The Morgan fingerprint density at radius 3 is 2.53 bits per heavy atom. The van der Waals surface area contributed by atoms with E-state index in [4.69, 9.17) is 5.11 Å². The van der Waals surface area contributed by atoms with Gasteiger partial charge >= 0.3 is 5.97 Å². The Balaban J connectivity index is 2.59. The first kappa shape index (κ1) is 13.3. The molecule has 4 heteroatoms. The molecule has 0 radical (unpaired) electrons. The van der Waals surface area contributed by atoms with Crippen molar-refractivity contribution in [2.45, 2.75) is 20.8 Å². The highest BCUT2D eigenvalue weighted by Gasteiger charge is 2.10. The predicted octanol–water partition coefficient (Wildman–Crippen LogP) is 3.09. The summed E-state index contributed by atoms with van der Waals surface area (Å²) in [6.45, 7) is 7.99. The molecule has 0 saturated carbocycles. The Morgan fingerprint density at radius 1 is 1.26 bits per heavy atom. The SMILES string of the molecule is CCN(CC)c1cc(C)c2cc(C(=O)O)ccc2n1. The Labute approximate surface area is 112 Å². The molecule has 2 rings (SSSR count). The summed E-state index contributed by atoms with van der Waals surface area (Å²) in [5, 5.41) is 9.92. The normalized spacial score (nSPS) is 10.7. The van der Waals surface area contributed by atoms with Gasteiger partial charge in [0, 0.05) is 18.5 Å². The first-order valence-electron chi connectivity index (χ1n) is 6.46. The molecule has 0 spiro atoms. The van der Waals surface area contributed by atoms with Gasteiger partial charge in [-0.2, -0.15) is 0 Å². The second-order valence-electron chi connectivity index (χ2n) is 4.51. The van der Waals surface area contributed by atoms with Crippen LogP contribution in [0.2, 0.25) is 0 Å². The zero-order valence-corrected chi connectivity index (χ0v) is 11.5. The highest BCUT2D eigenvalue weighted by atomic mass is 16.4. The van der Waals surface area contributed by atoms with E-state index in [1.54, 1.807) is 18.2 Å². The molecule has 2 aromatic rings.